The predicted octanol–water partition coefficient (Wildman–Crippen LogP) is 2.88. The maximum Gasteiger partial charge on any atom is 0.191 e. The molecule has 1 N–H and O–H groups in total. The van der Waals surface area contributed by atoms with Gasteiger partial charge in [0.25, 0.3) is 0 Å². The van der Waals surface area contributed by atoms with Crippen LogP contribution < -0.4 is 10.1 Å². The summed E-state index contributed by atoms with van der Waals surface area (Å²) < 4.78 is 8.42. The quantitative estimate of drug-likeness (QED) is 0.800. The molecule has 0 aliphatic heterocycles. The Kier molecular flexibility index (Phi) is 3.27. The largest absolute Gasteiger partial charge is 0.490 e. The Morgan fingerprint density at radius 3 is 3.05 bits per heavy atom. The van der Waals surface area contributed by atoms with Crippen LogP contribution in [0.5, 0.6) is 5.75 Å². The van der Waals surface area contributed by atoms with Crippen molar-refractivity contribution in [1.29, 1.82) is 0 Å². The number of nitrogens with one attached hydrogen (secondary N) is 1. The van der Waals surface area contributed by atoms with E-state index in [-0.39, 0.29) is 0 Å². The molecular formula is C13H15N5OS. The third-order valence-corrected chi connectivity index (χ3v) is 3.91. The highest BCUT2D eigenvalue weighted by molar-refractivity contribution is 7.22. The first-order valence-corrected chi connectivity index (χ1v) is 7.15. The van der Waals surface area contributed by atoms with Gasteiger partial charge in [-0.15, -0.1) is 0 Å². The van der Waals surface area contributed by atoms with Crippen LogP contribution in [0.2, 0.25) is 0 Å². The van der Waals surface area contributed by atoms with Crippen molar-refractivity contribution in [2.75, 3.05) is 11.9 Å². The van der Waals surface area contributed by atoms with Gasteiger partial charge >= 0.3 is 0 Å². The van der Waals surface area contributed by atoms with Gasteiger partial charge in [-0.2, -0.15) is 5.10 Å². The van der Waals surface area contributed by atoms with Gasteiger partial charge in [-0.25, -0.2) is 14.6 Å². The molecule has 0 atom stereocenters. The fraction of sp³-hybridized carbons (Fsp3) is 0.308. The summed E-state index contributed by atoms with van der Waals surface area (Å²) in [7, 11) is 1.89. The maximum absolute atomic E-state index is 5.55. The van der Waals surface area contributed by atoms with Gasteiger partial charge in [-0.3, -0.25) is 0 Å². The maximum atomic E-state index is 5.55. The highest BCUT2D eigenvalue weighted by Gasteiger charge is 2.13. The van der Waals surface area contributed by atoms with Crippen molar-refractivity contribution in [1.82, 2.24) is 19.7 Å². The molecule has 0 aliphatic rings. The summed E-state index contributed by atoms with van der Waals surface area (Å²) in [5.41, 5.74) is 1.86. The molecule has 0 saturated carbocycles. The Bertz CT molecular complexity index is 714. The number of nitrogens with zero attached hydrogens (tertiary/aromatic N) is 4. The monoisotopic (exact) mass is 289 g/mol. The average Bonchev–Trinajstić information content (AvgIpc) is 2.95. The van der Waals surface area contributed by atoms with E-state index < -0.39 is 0 Å². The minimum atomic E-state index is 0.600. The zero-order valence-electron chi connectivity index (χ0n) is 11.5. The standard InChI is InChI=1S/C13H15N5OS/c1-4-19-9-6-5-7-14-11(9)15-13-16-12-10(20-13)8(2)17-18(12)3/h5-7H,4H2,1-3H3,(H,14,15,16). The topological polar surface area (TPSA) is 64.9 Å². The van der Waals surface area contributed by atoms with Crippen LogP contribution in [-0.4, -0.2) is 26.4 Å². The molecule has 3 heterocycles. The molecular weight excluding hydrogens is 274 g/mol. The number of aromatic nitrogens is 4. The van der Waals surface area contributed by atoms with Crippen LogP contribution in [0.25, 0.3) is 10.3 Å². The van der Waals surface area contributed by atoms with E-state index in [0.29, 0.717) is 12.4 Å². The zero-order chi connectivity index (χ0) is 14.1. The average molecular weight is 289 g/mol. The van der Waals surface area contributed by atoms with E-state index in [1.807, 2.05) is 33.0 Å². The molecule has 0 spiro atoms. The van der Waals surface area contributed by atoms with Crippen molar-refractivity contribution in [2.24, 2.45) is 7.05 Å². The van der Waals surface area contributed by atoms with E-state index in [1.54, 1.807) is 22.2 Å². The molecule has 0 radical (unpaired) electrons. The first-order chi connectivity index (χ1) is 9.69. The molecule has 0 aliphatic carbocycles. The molecule has 3 rings (SSSR count). The van der Waals surface area contributed by atoms with Crippen LogP contribution in [0.3, 0.4) is 0 Å². The number of ether oxygens (including phenoxy) is 1. The van der Waals surface area contributed by atoms with Gasteiger partial charge in [0.15, 0.2) is 22.3 Å². The number of aryl methyl sites for hydroxylation is 2. The first kappa shape index (κ1) is 12.9. The lowest BCUT2D eigenvalue weighted by molar-refractivity contribution is 0.341. The lowest BCUT2D eigenvalue weighted by atomic mass is 10.4. The molecule has 0 amide bonds. The SMILES string of the molecule is CCOc1cccnc1Nc1nc2c(s1)c(C)nn2C. The van der Waals surface area contributed by atoms with Gasteiger partial charge in [0.05, 0.1) is 17.0 Å². The van der Waals surface area contributed by atoms with E-state index in [4.69, 9.17) is 4.74 Å². The van der Waals surface area contributed by atoms with Crippen molar-refractivity contribution >= 4 is 32.6 Å². The Hall–Kier alpha value is -2.15. The number of thiazole rings is 1. The number of hydrogen-bond donors (Lipinski definition) is 1. The van der Waals surface area contributed by atoms with Gasteiger partial charge in [0.1, 0.15) is 0 Å². The van der Waals surface area contributed by atoms with E-state index >= 15 is 0 Å². The Morgan fingerprint density at radius 1 is 1.45 bits per heavy atom. The normalized spacial score (nSPS) is 10.9. The fourth-order valence-electron chi connectivity index (χ4n) is 2.00. The second kappa shape index (κ2) is 5.09. The molecule has 20 heavy (non-hydrogen) atoms. The molecule has 0 saturated heterocycles. The lowest BCUT2D eigenvalue weighted by Gasteiger charge is -2.08. The van der Waals surface area contributed by atoms with Gasteiger partial charge in [-0.05, 0) is 26.0 Å². The van der Waals surface area contributed by atoms with Crippen LogP contribution >= 0.6 is 11.3 Å². The minimum Gasteiger partial charge on any atom is -0.490 e. The third kappa shape index (κ3) is 2.20. The molecule has 0 fully saturated rings. The first-order valence-electron chi connectivity index (χ1n) is 6.34. The fourth-order valence-corrected chi connectivity index (χ4v) is 2.93. The highest BCUT2D eigenvalue weighted by atomic mass is 32.1. The Labute approximate surface area is 120 Å². The smallest absolute Gasteiger partial charge is 0.191 e. The Morgan fingerprint density at radius 2 is 2.30 bits per heavy atom. The summed E-state index contributed by atoms with van der Waals surface area (Å²) >= 11 is 1.57. The summed E-state index contributed by atoms with van der Waals surface area (Å²) in [5.74, 6) is 1.41. The van der Waals surface area contributed by atoms with Crippen LogP contribution in [0.4, 0.5) is 10.9 Å². The summed E-state index contributed by atoms with van der Waals surface area (Å²) in [6, 6.07) is 3.74. The number of fused-ring (bicyclic) bond motifs is 1. The Balaban J connectivity index is 1.95. The van der Waals surface area contributed by atoms with Crippen LogP contribution in [0, 0.1) is 6.92 Å². The molecule has 104 valence electrons. The van der Waals surface area contributed by atoms with Gasteiger partial charge in [0.2, 0.25) is 0 Å². The van der Waals surface area contributed by atoms with Crippen LogP contribution in [-0.2, 0) is 7.05 Å². The van der Waals surface area contributed by atoms with Crippen LogP contribution in [0.1, 0.15) is 12.6 Å². The molecule has 7 heteroatoms. The van der Waals surface area contributed by atoms with Crippen molar-refractivity contribution in [3.05, 3.63) is 24.0 Å². The molecule has 6 nitrogen and oxygen atoms in total. The second-order valence-electron chi connectivity index (χ2n) is 4.29. The number of rotatable bonds is 4. The summed E-state index contributed by atoms with van der Waals surface area (Å²) in [6.45, 7) is 4.53. The van der Waals surface area contributed by atoms with Crippen molar-refractivity contribution in [3.8, 4) is 5.75 Å². The molecule has 3 aromatic heterocycles. The minimum absolute atomic E-state index is 0.600. The molecule has 0 unspecified atom stereocenters. The lowest BCUT2D eigenvalue weighted by Crippen LogP contribution is -1.99. The highest BCUT2D eigenvalue weighted by Crippen LogP contribution is 2.32. The van der Waals surface area contributed by atoms with E-state index in [0.717, 1.165) is 26.9 Å². The van der Waals surface area contributed by atoms with Gasteiger partial charge in [0, 0.05) is 13.2 Å². The molecule has 0 aromatic carbocycles. The number of anilines is 2. The molecule has 3 aromatic rings. The number of pyridine rings is 1. The van der Waals surface area contributed by atoms with E-state index in [9.17, 15) is 0 Å². The van der Waals surface area contributed by atoms with Crippen LogP contribution in [0.15, 0.2) is 18.3 Å². The second-order valence-corrected chi connectivity index (χ2v) is 5.29. The zero-order valence-corrected chi connectivity index (χ0v) is 12.4. The van der Waals surface area contributed by atoms with Gasteiger partial charge in [-0.1, -0.05) is 11.3 Å². The van der Waals surface area contributed by atoms with Crippen molar-refractivity contribution in [2.45, 2.75) is 13.8 Å². The van der Waals surface area contributed by atoms with E-state index in [2.05, 4.69) is 20.4 Å². The molecule has 0 bridgehead atoms. The summed E-state index contributed by atoms with van der Waals surface area (Å²) in [5, 5.41) is 8.35. The van der Waals surface area contributed by atoms with E-state index in [1.165, 1.54) is 0 Å². The van der Waals surface area contributed by atoms with Crippen molar-refractivity contribution in [3.63, 3.8) is 0 Å². The predicted molar refractivity (Wildman–Crippen MR) is 79.8 cm³/mol. The summed E-state index contributed by atoms with van der Waals surface area (Å²) in [4.78, 5) is 8.84. The van der Waals surface area contributed by atoms with Gasteiger partial charge < -0.3 is 10.1 Å². The summed E-state index contributed by atoms with van der Waals surface area (Å²) in [6.07, 6.45) is 1.73. The third-order valence-electron chi connectivity index (χ3n) is 2.84. The number of hydrogen-bond acceptors (Lipinski definition) is 6. The van der Waals surface area contributed by atoms with Crippen molar-refractivity contribution < 1.29 is 4.74 Å².